The summed E-state index contributed by atoms with van der Waals surface area (Å²) < 4.78 is 18.5. The second-order valence-electron chi connectivity index (χ2n) is 5.95. The van der Waals surface area contributed by atoms with Crippen molar-refractivity contribution in [3.63, 3.8) is 0 Å². The molecule has 0 spiro atoms. The number of carbonyl (C=O) groups is 1. The molecule has 4 nitrogen and oxygen atoms in total. The van der Waals surface area contributed by atoms with Crippen LogP contribution in [0.3, 0.4) is 0 Å². The van der Waals surface area contributed by atoms with Gasteiger partial charge < -0.3 is 15.4 Å². The maximum absolute atomic E-state index is 12.9. The molecule has 0 aliphatic carbocycles. The van der Waals surface area contributed by atoms with Crippen LogP contribution in [0.25, 0.3) is 0 Å². The summed E-state index contributed by atoms with van der Waals surface area (Å²) in [7, 11) is 0. The van der Waals surface area contributed by atoms with Gasteiger partial charge in [-0.25, -0.2) is 4.39 Å². The zero-order chi connectivity index (χ0) is 16.8. The molecule has 2 N–H and O–H groups in total. The number of hydrogen-bond donors (Lipinski definition) is 2. The van der Waals surface area contributed by atoms with Crippen LogP contribution in [0.2, 0.25) is 0 Å². The zero-order valence-corrected chi connectivity index (χ0v) is 14.7. The molecule has 3 rings (SSSR count). The molecule has 0 bridgehead atoms. The fraction of sp³-hybridized carbons (Fsp3) is 0.316. The molecule has 1 heterocycles. The number of piperidine rings is 1. The molecule has 0 radical (unpaired) electrons. The molecule has 2 aromatic rings. The Morgan fingerprint density at radius 1 is 1.08 bits per heavy atom. The lowest BCUT2D eigenvalue weighted by atomic mass is 9.97. The molecule has 1 aliphatic rings. The van der Waals surface area contributed by atoms with Gasteiger partial charge in [-0.1, -0.05) is 12.1 Å². The average molecular weight is 365 g/mol. The average Bonchev–Trinajstić information content (AvgIpc) is 2.63. The van der Waals surface area contributed by atoms with Gasteiger partial charge in [-0.05, 0) is 67.9 Å². The second-order valence-corrected chi connectivity index (χ2v) is 5.95. The van der Waals surface area contributed by atoms with Gasteiger partial charge in [0.2, 0.25) is 5.91 Å². The van der Waals surface area contributed by atoms with Gasteiger partial charge in [0.15, 0.2) is 0 Å². The van der Waals surface area contributed by atoms with Crippen LogP contribution in [0.5, 0.6) is 5.75 Å². The highest BCUT2D eigenvalue weighted by atomic mass is 35.5. The van der Waals surface area contributed by atoms with Crippen LogP contribution in [-0.4, -0.2) is 19.0 Å². The third-order valence-electron chi connectivity index (χ3n) is 4.15. The lowest BCUT2D eigenvalue weighted by Crippen LogP contribution is -2.34. The van der Waals surface area contributed by atoms with E-state index < -0.39 is 0 Å². The van der Waals surface area contributed by atoms with Crippen molar-refractivity contribution >= 4 is 24.0 Å². The van der Waals surface area contributed by atoms with Crippen LogP contribution in [0.1, 0.15) is 18.4 Å². The molecule has 6 heteroatoms. The van der Waals surface area contributed by atoms with E-state index in [0.717, 1.165) is 37.2 Å². The van der Waals surface area contributed by atoms with Crippen LogP contribution in [0, 0.1) is 11.7 Å². The Hall–Kier alpha value is -2.11. The first kappa shape index (κ1) is 19.2. The van der Waals surface area contributed by atoms with E-state index in [0.29, 0.717) is 12.4 Å². The van der Waals surface area contributed by atoms with Crippen LogP contribution in [-0.2, 0) is 11.4 Å². The zero-order valence-electron chi connectivity index (χ0n) is 13.8. The smallest absolute Gasteiger partial charge is 0.227 e. The number of anilines is 1. The molecule has 1 fully saturated rings. The van der Waals surface area contributed by atoms with E-state index in [1.807, 2.05) is 24.3 Å². The third-order valence-corrected chi connectivity index (χ3v) is 4.15. The first-order valence-electron chi connectivity index (χ1n) is 8.19. The number of rotatable bonds is 5. The Labute approximate surface area is 153 Å². The first-order chi connectivity index (χ1) is 11.7. The Balaban J connectivity index is 0.00000225. The molecule has 1 aliphatic heterocycles. The summed E-state index contributed by atoms with van der Waals surface area (Å²) in [6.45, 7) is 2.17. The van der Waals surface area contributed by atoms with Gasteiger partial charge >= 0.3 is 0 Å². The minimum absolute atomic E-state index is 0. The van der Waals surface area contributed by atoms with E-state index >= 15 is 0 Å². The van der Waals surface area contributed by atoms with Crippen molar-refractivity contribution in [2.75, 3.05) is 18.4 Å². The summed E-state index contributed by atoms with van der Waals surface area (Å²) in [6, 6.07) is 13.5. The summed E-state index contributed by atoms with van der Waals surface area (Å²) in [4.78, 5) is 12.2. The predicted octanol–water partition coefficient (Wildman–Crippen LogP) is 3.76. The van der Waals surface area contributed by atoms with Crippen molar-refractivity contribution in [2.45, 2.75) is 19.4 Å². The second kappa shape index (κ2) is 9.39. The van der Waals surface area contributed by atoms with Crippen LogP contribution < -0.4 is 15.4 Å². The standard InChI is InChI=1S/C19H21FN2O2.ClH/c20-16-3-1-14(2-4-16)13-24-18-7-5-17(6-8-18)22-19(23)15-9-11-21-12-10-15;/h1-8,15,21H,9-13H2,(H,22,23);1H. The van der Waals surface area contributed by atoms with Crippen LogP contribution in [0.15, 0.2) is 48.5 Å². The van der Waals surface area contributed by atoms with E-state index in [9.17, 15) is 9.18 Å². The summed E-state index contributed by atoms with van der Waals surface area (Å²) in [6.07, 6.45) is 1.76. The van der Waals surface area contributed by atoms with Crippen molar-refractivity contribution in [2.24, 2.45) is 5.92 Å². The number of amides is 1. The van der Waals surface area contributed by atoms with Gasteiger partial charge in [0.1, 0.15) is 18.2 Å². The fourth-order valence-electron chi connectivity index (χ4n) is 2.71. The highest BCUT2D eigenvalue weighted by Crippen LogP contribution is 2.19. The molecule has 134 valence electrons. The van der Waals surface area contributed by atoms with Crippen molar-refractivity contribution in [1.82, 2.24) is 5.32 Å². The van der Waals surface area contributed by atoms with Gasteiger partial charge in [0.25, 0.3) is 0 Å². The van der Waals surface area contributed by atoms with Crippen LogP contribution in [0.4, 0.5) is 10.1 Å². The Morgan fingerprint density at radius 2 is 1.72 bits per heavy atom. The summed E-state index contributed by atoms with van der Waals surface area (Å²) >= 11 is 0. The van der Waals surface area contributed by atoms with Crippen molar-refractivity contribution < 1.29 is 13.9 Å². The highest BCUT2D eigenvalue weighted by Gasteiger charge is 2.20. The predicted molar refractivity (Wildman–Crippen MR) is 98.6 cm³/mol. The Kier molecular flexibility index (Phi) is 7.22. The number of halogens is 2. The van der Waals surface area contributed by atoms with Crippen molar-refractivity contribution in [3.05, 3.63) is 59.9 Å². The molecule has 0 saturated carbocycles. The summed E-state index contributed by atoms with van der Waals surface area (Å²) in [5, 5.41) is 6.21. The molecule has 2 aromatic carbocycles. The molecule has 25 heavy (non-hydrogen) atoms. The lowest BCUT2D eigenvalue weighted by molar-refractivity contribution is -0.120. The normalized spacial score (nSPS) is 14.4. The summed E-state index contributed by atoms with van der Waals surface area (Å²) in [5.74, 6) is 0.615. The Bertz CT molecular complexity index is 671. The van der Waals surface area contributed by atoms with Crippen LogP contribution >= 0.6 is 12.4 Å². The molecule has 0 aromatic heterocycles. The number of hydrogen-bond acceptors (Lipinski definition) is 3. The number of carbonyl (C=O) groups excluding carboxylic acids is 1. The van der Waals surface area contributed by atoms with E-state index in [1.54, 1.807) is 12.1 Å². The number of benzene rings is 2. The maximum Gasteiger partial charge on any atom is 0.227 e. The Morgan fingerprint density at radius 3 is 2.36 bits per heavy atom. The van der Waals surface area contributed by atoms with E-state index in [2.05, 4.69) is 10.6 Å². The monoisotopic (exact) mass is 364 g/mol. The van der Waals surface area contributed by atoms with E-state index in [4.69, 9.17) is 4.74 Å². The SMILES string of the molecule is Cl.O=C(Nc1ccc(OCc2ccc(F)cc2)cc1)C1CCNCC1. The minimum Gasteiger partial charge on any atom is -0.489 e. The third kappa shape index (κ3) is 5.73. The van der Waals surface area contributed by atoms with Crippen molar-refractivity contribution in [3.8, 4) is 5.75 Å². The highest BCUT2D eigenvalue weighted by molar-refractivity contribution is 5.92. The topological polar surface area (TPSA) is 50.4 Å². The minimum atomic E-state index is -0.257. The van der Waals surface area contributed by atoms with Gasteiger partial charge in [-0.2, -0.15) is 0 Å². The van der Waals surface area contributed by atoms with E-state index in [1.165, 1.54) is 12.1 Å². The maximum atomic E-state index is 12.9. The number of ether oxygens (including phenoxy) is 1. The molecule has 0 atom stereocenters. The largest absolute Gasteiger partial charge is 0.489 e. The number of nitrogens with one attached hydrogen (secondary N) is 2. The lowest BCUT2D eigenvalue weighted by Gasteiger charge is -2.21. The van der Waals surface area contributed by atoms with Gasteiger partial charge in [-0.15, -0.1) is 12.4 Å². The molecule has 1 saturated heterocycles. The van der Waals surface area contributed by atoms with E-state index in [-0.39, 0.29) is 30.0 Å². The van der Waals surface area contributed by atoms with Gasteiger partial charge in [0.05, 0.1) is 0 Å². The molecular formula is C19H22ClFN2O2. The molecule has 1 amide bonds. The van der Waals surface area contributed by atoms with Crippen molar-refractivity contribution in [1.29, 1.82) is 0 Å². The first-order valence-corrected chi connectivity index (χ1v) is 8.19. The molecular weight excluding hydrogens is 343 g/mol. The summed E-state index contributed by atoms with van der Waals surface area (Å²) in [5.41, 5.74) is 1.67. The van der Waals surface area contributed by atoms with Gasteiger partial charge in [0, 0.05) is 11.6 Å². The molecule has 0 unspecified atom stereocenters. The quantitative estimate of drug-likeness (QED) is 0.849. The van der Waals surface area contributed by atoms with Gasteiger partial charge in [-0.3, -0.25) is 4.79 Å². The fourth-order valence-corrected chi connectivity index (χ4v) is 2.71.